The fourth-order valence-electron chi connectivity index (χ4n) is 2.36. The van der Waals surface area contributed by atoms with Gasteiger partial charge in [-0.05, 0) is 40.5 Å². The molecule has 2 heterocycles. The Bertz CT molecular complexity index is 971. The number of aryl methyl sites for hydroxylation is 2. The Hall–Kier alpha value is -1.80. The fourth-order valence-corrected chi connectivity index (χ4v) is 3.05. The van der Waals surface area contributed by atoms with Crippen molar-refractivity contribution in [3.8, 4) is 11.6 Å². The summed E-state index contributed by atoms with van der Waals surface area (Å²) in [4.78, 5) is 16.6. The van der Waals surface area contributed by atoms with Crippen LogP contribution < -0.4 is 5.63 Å². The van der Waals surface area contributed by atoms with Gasteiger partial charge in [0.2, 0.25) is 12.3 Å². The molecular weight excluding hydrogens is 408 g/mol. The number of halogens is 4. The van der Waals surface area contributed by atoms with Crippen LogP contribution in [0.1, 0.15) is 12.0 Å². The molecule has 126 valence electrons. The summed E-state index contributed by atoms with van der Waals surface area (Å²) in [5.74, 6) is 0.0189. The van der Waals surface area contributed by atoms with Crippen molar-refractivity contribution < 1.29 is 13.2 Å². The van der Waals surface area contributed by atoms with Crippen LogP contribution in [0.25, 0.3) is 22.5 Å². The van der Waals surface area contributed by atoms with Crippen LogP contribution in [0.3, 0.4) is 0 Å². The number of fused-ring (bicyclic) bond motifs is 1. The van der Waals surface area contributed by atoms with E-state index in [1.54, 1.807) is 19.1 Å². The first-order valence-corrected chi connectivity index (χ1v) is 8.15. The molecule has 0 radical (unpaired) electrons. The lowest BCUT2D eigenvalue weighted by Crippen LogP contribution is -2.09. The average molecular weight is 419 g/mol. The van der Waals surface area contributed by atoms with Crippen molar-refractivity contribution >= 4 is 38.4 Å². The summed E-state index contributed by atoms with van der Waals surface area (Å²) in [5, 5.41) is 4.76. The average Bonchev–Trinajstić information content (AvgIpc) is 2.87. The Balaban J connectivity index is 2.15. The van der Waals surface area contributed by atoms with Crippen LogP contribution in [0.5, 0.6) is 0 Å². The highest BCUT2D eigenvalue weighted by Crippen LogP contribution is 2.25. The lowest BCUT2D eigenvalue weighted by molar-refractivity contribution is 0.130. The highest BCUT2D eigenvalue weighted by atomic mass is 79.9. The SMILES string of the molecule is Cc1cc(Cl)cc2c(=O)oc(-c3cc(Br)nn3CCC(F)F)nc12. The third-order valence-corrected chi connectivity index (χ3v) is 4.02. The first-order valence-electron chi connectivity index (χ1n) is 6.98. The minimum absolute atomic E-state index is 0.0189. The van der Waals surface area contributed by atoms with Crippen molar-refractivity contribution in [1.29, 1.82) is 0 Å². The van der Waals surface area contributed by atoms with E-state index < -0.39 is 12.1 Å². The van der Waals surface area contributed by atoms with Crippen LogP contribution in [-0.4, -0.2) is 21.2 Å². The number of benzene rings is 1. The molecule has 0 bridgehead atoms. The van der Waals surface area contributed by atoms with E-state index in [0.29, 0.717) is 26.4 Å². The second kappa shape index (κ2) is 6.60. The van der Waals surface area contributed by atoms with Gasteiger partial charge in [-0.3, -0.25) is 4.68 Å². The molecule has 0 amide bonds. The smallest absolute Gasteiger partial charge is 0.347 e. The van der Waals surface area contributed by atoms with Gasteiger partial charge in [-0.25, -0.2) is 18.6 Å². The van der Waals surface area contributed by atoms with Gasteiger partial charge in [0.05, 0.1) is 10.9 Å². The van der Waals surface area contributed by atoms with Crippen LogP contribution in [0.15, 0.2) is 32.0 Å². The Morgan fingerprint density at radius 2 is 2.12 bits per heavy atom. The van der Waals surface area contributed by atoms with E-state index in [1.165, 1.54) is 10.7 Å². The molecule has 0 saturated heterocycles. The van der Waals surface area contributed by atoms with E-state index >= 15 is 0 Å². The molecule has 0 fully saturated rings. The molecule has 0 saturated carbocycles. The van der Waals surface area contributed by atoms with Gasteiger partial charge in [0.15, 0.2) is 0 Å². The van der Waals surface area contributed by atoms with Gasteiger partial charge in [0.25, 0.3) is 0 Å². The van der Waals surface area contributed by atoms with Gasteiger partial charge in [-0.15, -0.1) is 0 Å². The molecule has 5 nitrogen and oxygen atoms in total. The minimum Gasteiger partial charge on any atom is -0.401 e. The van der Waals surface area contributed by atoms with Crippen LogP contribution in [0, 0.1) is 6.92 Å². The molecule has 0 atom stereocenters. The largest absolute Gasteiger partial charge is 0.401 e. The number of alkyl halides is 2. The summed E-state index contributed by atoms with van der Waals surface area (Å²) in [7, 11) is 0. The number of rotatable bonds is 4. The molecule has 24 heavy (non-hydrogen) atoms. The van der Waals surface area contributed by atoms with Crippen molar-refractivity contribution in [2.45, 2.75) is 26.3 Å². The normalized spacial score (nSPS) is 11.6. The predicted octanol–water partition coefficient (Wildman–Crippen LogP) is 4.43. The van der Waals surface area contributed by atoms with Crippen molar-refractivity contribution in [3.05, 3.63) is 43.8 Å². The van der Waals surface area contributed by atoms with Gasteiger partial charge in [-0.2, -0.15) is 5.10 Å². The quantitative estimate of drug-likeness (QED) is 0.629. The molecule has 9 heteroatoms. The molecule has 0 aliphatic carbocycles. The highest BCUT2D eigenvalue weighted by molar-refractivity contribution is 9.10. The van der Waals surface area contributed by atoms with Crippen LogP contribution in [-0.2, 0) is 6.54 Å². The van der Waals surface area contributed by atoms with Crippen molar-refractivity contribution in [2.24, 2.45) is 0 Å². The molecule has 3 rings (SSSR count). The van der Waals surface area contributed by atoms with E-state index in [9.17, 15) is 13.6 Å². The Kier molecular flexibility index (Phi) is 4.69. The molecule has 0 aliphatic rings. The van der Waals surface area contributed by atoms with E-state index in [0.717, 1.165) is 0 Å². The maximum absolute atomic E-state index is 12.5. The first kappa shape index (κ1) is 17.0. The number of hydrogen-bond donors (Lipinski definition) is 0. The molecular formula is C15H11BrClF2N3O2. The van der Waals surface area contributed by atoms with Crippen molar-refractivity contribution in [2.75, 3.05) is 0 Å². The third kappa shape index (κ3) is 3.34. The summed E-state index contributed by atoms with van der Waals surface area (Å²) >= 11 is 9.15. The monoisotopic (exact) mass is 417 g/mol. The standard InChI is InChI=1S/C15H11BrClF2N3O2/c1-7-4-8(17)5-9-13(7)20-14(24-15(9)23)10-6-11(16)21-22(10)3-2-12(18)19/h4-6,12H,2-3H2,1H3. The molecule has 0 N–H and O–H groups in total. The Labute approximate surface area is 148 Å². The lowest BCUT2D eigenvalue weighted by atomic mass is 10.1. The zero-order valence-electron chi connectivity index (χ0n) is 12.4. The van der Waals surface area contributed by atoms with E-state index in [4.69, 9.17) is 16.0 Å². The zero-order chi connectivity index (χ0) is 17.4. The van der Waals surface area contributed by atoms with E-state index in [1.807, 2.05) is 0 Å². The van der Waals surface area contributed by atoms with Gasteiger partial charge in [0.1, 0.15) is 10.3 Å². The Morgan fingerprint density at radius 3 is 2.83 bits per heavy atom. The minimum atomic E-state index is -2.46. The maximum Gasteiger partial charge on any atom is 0.347 e. The van der Waals surface area contributed by atoms with Crippen LogP contribution in [0.2, 0.25) is 5.02 Å². The van der Waals surface area contributed by atoms with Crippen molar-refractivity contribution in [1.82, 2.24) is 14.8 Å². The molecule has 0 aliphatic heterocycles. The van der Waals surface area contributed by atoms with Gasteiger partial charge < -0.3 is 4.42 Å². The zero-order valence-corrected chi connectivity index (χ0v) is 14.7. The van der Waals surface area contributed by atoms with Gasteiger partial charge in [-0.1, -0.05) is 11.6 Å². The number of aromatic nitrogens is 3. The summed E-state index contributed by atoms with van der Waals surface area (Å²) in [6.45, 7) is 1.75. The molecule has 3 aromatic rings. The third-order valence-electron chi connectivity index (χ3n) is 3.42. The molecule has 1 aromatic carbocycles. The van der Waals surface area contributed by atoms with Crippen LogP contribution >= 0.6 is 27.5 Å². The number of hydrogen-bond acceptors (Lipinski definition) is 4. The first-order chi connectivity index (χ1) is 11.3. The summed E-state index contributed by atoms with van der Waals surface area (Å²) in [5.41, 5.74) is 0.905. The van der Waals surface area contributed by atoms with Gasteiger partial charge >= 0.3 is 5.63 Å². The lowest BCUT2D eigenvalue weighted by Gasteiger charge is -2.07. The predicted molar refractivity (Wildman–Crippen MR) is 89.6 cm³/mol. The second-order valence-corrected chi connectivity index (χ2v) is 6.43. The van der Waals surface area contributed by atoms with E-state index in [2.05, 4.69) is 26.0 Å². The summed E-state index contributed by atoms with van der Waals surface area (Å²) in [6.07, 6.45) is -2.82. The maximum atomic E-state index is 12.5. The summed E-state index contributed by atoms with van der Waals surface area (Å²) in [6, 6.07) is 4.73. The van der Waals surface area contributed by atoms with E-state index in [-0.39, 0.29) is 24.2 Å². The Morgan fingerprint density at radius 1 is 1.38 bits per heavy atom. The summed E-state index contributed by atoms with van der Waals surface area (Å²) < 4.78 is 32.0. The second-order valence-electron chi connectivity index (χ2n) is 5.18. The van der Waals surface area contributed by atoms with Crippen LogP contribution in [0.4, 0.5) is 8.78 Å². The van der Waals surface area contributed by atoms with Crippen molar-refractivity contribution in [3.63, 3.8) is 0 Å². The number of nitrogens with zero attached hydrogens (tertiary/aromatic N) is 3. The molecule has 2 aromatic heterocycles. The fraction of sp³-hybridized carbons (Fsp3) is 0.267. The highest BCUT2D eigenvalue weighted by Gasteiger charge is 2.17. The molecule has 0 unspecified atom stereocenters. The van der Waals surface area contributed by atoms with Gasteiger partial charge in [0, 0.05) is 24.1 Å². The molecule has 0 spiro atoms. The topological polar surface area (TPSA) is 60.9 Å².